The molecule has 12 heavy (non-hydrogen) atoms. The molecule has 1 fully saturated rings. The van der Waals surface area contributed by atoms with Crippen LogP contribution in [0.1, 0.15) is 32.6 Å². The minimum atomic E-state index is -0.351. The second-order valence-electron chi connectivity index (χ2n) is 3.67. The van der Waals surface area contributed by atoms with Crippen LogP contribution >= 0.6 is 0 Å². The van der Waals surface area contributed by atoms with Crippen molar-refractivity contribution in [2.75, 3.05) is 6.61 Å². The summed E-state index contributed by atoms with van der Waals surface area (Å²) < 4.78 is 11.5. The van der Waals surface area contributed by atoms with Gasteiger partial charge in [-0.1, -0.05) is 6.08 Å². The molecule has 0 aliphatic carbocycles. The summed E-state index contributed by atoms with van der Waals surface area (Å²) in [6.45, 7) is 2.93. The fourth-order valence-corrected chi connectivity index (χ4v) is 1.93. The molecule has 0 amide bonds. The Hall–Kier alpha value is -0.340. The number of rotatable bonds is 0. The predicted octanol–water partition coefficient (Wildman–Crippen LogP) is 2.25. The molecule has 2 heterocycles. The van der Waals surface area contributed by atoms with Gasteiger partial charge in [0.05, 0.1) is 12.7 Å². The van der Waals surface area contributed by atoms with E-state index in [0.717, 1.165) is 19.4 Å². The Morgan fingerprint density at radius 1 is 1.50 bits per heavy atom. The average molecular weight is 168 g/mol. The molecule has 2 aliphatic heterocycles. The Kier molecular flexibility index (Phi) is 2.20. The van der Waals surface area contributed by atoms with Gasteiger partial charge in [0.15, 0.2) is 5.79 Å². The van der Waals surface area contributed by atoms with Crippen molar-refractivity contribution >= 4 is 0 Å². The summed E-state index contributed by atoms with van der Waals surface area (Å²) in [6, 6.07) is 0. The normalized spacial score (nSPS) is 41.9. The molecular weight excluding hydrogens is 152 g/mol. The average Bonchev–Trinajstić information content (AvgIpc) is 2.05. The Labute approximate surface area is 73.5 Å². The van der Waals surface area contributed by atoms with Gasteiger partial charge in [0.1, 0.15) is 0 Å². The molecule has 0 aromatic rings. The Bertz CT molecular complexity index is 188. The summed E-state index contributed by atoms with van der Waals surface area (Å²) in [6.07, 6.45) is 9.03. The van der Waals surface area contributed by atoms with E-state index in [2.05, 4.69) is 19.1 Å². The van der Waals surface area contributed by atoms with Gasteiger partial charge in [-0.15, -0.1) is 0 Å². The molecule has 2 heteroatoms. The lowest BCUT2D eigenvalue weighted by atomic mass is 10.00. The first-order valence-corrected chi connectivity index (χ1v) is 4.80. The van der Waals surface area contributed by atoms with E-state index in [1.54, 1.807) is 0 Å². The van der Waals surface area contributed by atoms with Crippen LogP contribution < -0.4 is 0 Å². The number of ether oxygens (including phenoxy) is 2. The monoisotopic (exact) mass is 168 g/mol. The zero-order valence-corrected chi connectivity index (χ0v) is 7.58. The molecule has 2 aliphatic rings. The van der Waals surface area contributed by atoms with Gasteiger partial charge in [-0.2, -0.15) is 0 Å². The van der Waals surface area contributed by atoms with Crippen LogP contribution in [-0.4, -0.2) is 18.5 Å². The quantitative estimate of drug-likeness (QED) is 0.516. The van der Waals surface area contributed by atoms with Crippen LogP contribution in [-0.2, 0) is 9.47 Å². The third-order valence-corrected chi connectivity index (χ3v) is 2.54. The summed E-state index contributed by atoms with van der Waals surface area (Å²) in [4.78, 5) is 0. The van der Waals surface area contributed by atoms with Gasteiger partial charge in [0.25, 0.3) is 0 Å². The molecule has 0 bridgehead atoms. The molecular formula is C10H16O2. The molecule has 0 aromatic heterocycles. The molecule has 1 spiro atoms. The van der Waals surface area contributed by atoms with Crippen molar-refractivity contribution in [2.45, 2.75) is 44.5 Å². The van der Waals surface area contributed by atoms with Crippen LogP contribution in [0.3, 0.4) is 0 Å². The van der Waals surface area contributed by atoms with Crippen molar-refractivity contribution in [1.82, 2.24) is 0 Å². The van der Waals surface area contributed by atoms with E-state index in [4.69, 9.17) is 9.47 Å². The van der Waals surface area contributed by atoms with Crippen molar-refractivity contribution in [3.8, 4) is 0 Å². The van der Waals surface area contributed by atoms with Gasteiger partial charge < -0.3 is 9.47 Å². The highest BCUT2D eigenvalue weighted by Crippen LogP contribution is 2.33. The maximum atomic E-state index is 5.81. The maximum absolute atomic E-state index is 5.81. The van der Waals surface area contributed by atoms with Crippen LogP contribution in [0.4, 0.5) is 0 Å². The minimum Gasteiger partial charge on any atom is -0.346 e. The maximum Gasteiger partial charge on any atom is 0.188 e. The first-order valence-electron chi connectivity index (χ1n) is 4.80. The van der Waals surface area contributed by atoms with Gasteiger partial charge in [-0.3, -0.25) is 0 Å². The van der Waals surface area contributed by atoms with E-state index in [0.29, 0.717) is 6.10 Å². The topological polar surface area (TPSA) is 18.5 Å². The van der Waals surface area contributed by atoms with Crippen LogP contribution in [0.25, 0.3) is 0 Å². The molecule has 68 valence electrons. The number of hydrogen-bond acceptors (Lipinski definition) is 2. The Balaban J connectivity index is 2.07. The van der Waals surface area contributed by atoms with Crippen LogP contribution in [0.15, 0.2) is 12.2 Å². The smallest absolute Gasteiger partial charge is 0.188 e. The van der Waals surface area contributed by atoms with Crippen molar-refractivity contribution in [2.24, 2.45) is 0 Å². The largest absolute Gasteiger partial charge is 0.346 e. The van der Waals surface area contributed by atoms with Crippen LogP contribution in [0.2, 0.25) is 0 Å². The van der Waals surface area contributed by atoms with Gasteiger partial charge in [-0.05, 0) is 32.3 Å². The van der Waals surface area contributed by atoms with Crippen LogP contribution in [0, 0.1) is 0 Å². The molecule has 0 saturated carbocycles. The summed E-state index contributed by atoms with van der Waals surface area (Å²) in [5.74, 6) is -0.351. The second kappa shape index (κ2) is 3.19. The lowest BCUT2D eigenvalue weighted by molar-refractivity contribution is -0.249. The van der Waals surface area contributed by atoms with Crippen molar-refractivity contribution < 1.29 is 9.47 Å². The highest BCUT2D eigenvalue weighted by molar-refractivity contribution is 5.01. The summed E-state index contributed by atoms with van der Waals surface area (Å²) >= 11 is 0. The van der Waals surface area contributed by atoms with Gasteiger partial charge in [0.2, 0.25) is 0 Å². The van der Waals surface area contributed by atoms with E-state index in [-0.39, 0.29) is 5.79 Å². The number of hydrogen-bond donors (Lipinski definition) is 0. The lowest BCUT2D eigenvalue weighted by Crippen LogP contribution is -2.42. The molecule has 2 atom stereocenters. The zero-order valence-electron chi connectivity index (χ0n) is 7.58. The van der Waals surface area contributed by atoms with E-state index in [1.165, 1.54) is 12.8 Å². The predicted molar refractivity (Wildman–Crippen MR) is 46.8 cm³/mol. The molecule has 0 radical (unpaired) electrons. The summed E-state index contributed by atoms with van der Waals surface area (Å²) in [5.41, 5.74) is 0. The second-order valence-corrected chi connectivity index (χ2v) is 3.67. The van der Waals surface area contributed by atoms with E-state index in [1.807, 2.05) is 0 Å². The molecule has 0 unspecified atom stereocenters. The Morgan fingerprint density at radius 2 is 2.42 bits per heavy atom. The van der Waals surface area contributed by atoms with Crippen molar-refractivity contribution in [3.05, 3.63) is 12.2 Å². The van der Waals surface area contributed by atoms with E-state index < -0.39 is 0 Å². The van der Waals surface area contributed by atoms with Gasteiger partial charge in [0, 0.05) is 6.42 Å². The lowest BCUT2D eigenvalue weighted by Gasteiger charge is -2.39. The standard InChI is InChI=1S/C10H16O2/c1-9-5-4-7-10(12-9)6-2-3-8-11-10/h2,6,9H,3-5,7-8H2,1H3/t9-,10-/m0/s1. The third-order valence-electron chi connectivity index (χ3n) is 2.54. The summed E-state index contributed by atoms with van der Waals surface area (Å²) in [5, 5.41) is 0. The molecule has 2 rings (SSSR count). The SMILES string of the molecule is C[C@H]1CCC[C@]2(C=CCCO2)O1. The van der Waals surface area contributed by atoms with Crippen molar-refractivity contribution in [3.63, 3.8) is 0 Å². The van der Waals surface area contributed by atoms with Gasteiger partial charge in [-0.25, -0.2) is 0 Å². The summed E-state index contributed by atoms with van der Waals surface area (Å²) in [7, 11) is 0. The zero-order chi connectivity index (χ0) is 8.44. The first-order chi connectivity index (χ1) is 5.81. The molecule has 2 nitrogen and oxygen atoms in total. The minimum absolute atomic E-state index is 0.349. The molecule has 0 N–H and O–H groups in total. The van der Waals surface area contributed by atoms with E-state index in [9.17, 15) is 0 Å². The molecule has 1 saturated heterocycles. The highest BCUT2D eigenvalue weighted by atomic mass is 16.7. The highest BCUT2D eigenvalue weighted by Gasteiger charge is 2.35. The van der Waals surface area contributed by atoms with Crippen LogP contribution in [0.5, 0.6) is 0 Å². The fraction of sp³-hybridized carbons (Fsp3) is 0.800. The Morgan fingerprint density at radius 3 is 3.08 bits per heavy atom. The third kappa shape index (κ3) is 1.54. The fourth-order valence-electron chi connectivity index (χ4n) is 1.93. The van der Waals surface area contributed by atoms with Gasteiger partial charge >= 0.3 is 0 Å². The molecule has 0 aromatic carbocycles. The van der Waals surface area contributed by atoms with Crippen molar-refractivity contribution in [1.29, 1.82) is 0 Å². The van der Waals surface area contributed by atoms with E-state index >= 15 is 0 Å². The first kappa shape index (κ1) is 8.27.